The lowest BCUT2D eigenvalue weighted by Crippen LogP contribution is -1.99. The van der Waals surface area contributed by atoms with Gasteiger partial charge in [-0.15, -0.1) is 11.3 Å². The molecular weight excluding hydrogens is 320 g/mol. The molecule has 0 amide bonds. The van der Waals surface area contributed by atoms with Gasteiger partial charge >= 0.3 is 0 Å². The van der Waals surface area contributed by atoms with Crippen LogP contribution in [0.3, 0.4) is 0 Å². The number of rotatable bonds is 2. The molecule has 4 heteroatoms. The van der Waals surface area contributed by atoms with E-state index >= 15 is 0 Å². The third kappa shape index (κ3) is 2.58. The fourth-order valence-corrected chi connectivity index (χ4v) is 3.19. The molecule has 1 aromatic heterocycles. The molecule has 0 fully saturated rings. The minimum Gasteiger partial charge on any atom is -0.383 e. The second-order valence-electron chi connectivity index (χ2n) is 4.00. The highest BCUT2D eigenvalue weighted by Gasteiger charge is 2.16. The molecule has 1 nitrogen and oxygen atoms in total. The Morgan fingerprint density at radius 2 is 1.88 bits per heavy atom. The molecule has 90 valence electrons. The van der Waals surface area contributed by atoms with Crippen molar-refractivity contribution in [3.8, 4) is 0 Å². The first-order valence-corrected chi connectivity index (χ1v) is 7.23. The van der Waals surface area contributed by atoms with Crippen molar-refractivity contribution in [2.45, 2.75) is 20.0 Å². The predicted octanol–water partition coefficient (Wildman–Crippen LogP) is 4.86. The maximum atomic E-state index is 10.3. The first-order valence-electron chi connectivity index (χ1n) is 5.18. The number of halogens is 2. The summed E-state index contributed by atoms with van der Waals surface area (Å²) in [6.45, 7) is 4.03. The van der Waals surface area contributed by atoms with Crippen LogP contribution < -0.4 is 0 Å². The van der Waals surface area contributed by atoms with Crippen molar-refractivity contribution in [3.05, 3.63) is 54.6 Å². The average molecular weight is 332 g/mol. The fraction of sp³-hybridized carbons (Fsp3) is 0.231. The Hall–Kier alpha value is -0.350. The predicted molar refractivity (Wildman–Crippen MR) is 77.0 cm³/mol. The van der Waals surface area contributed by atoms with Crippen molar-refractivity contribution in [2.75, 3.05) is 0 Å². The molecule has 1 unspecified atom stereocenters. The molecule has 0 aliphatic heterocycles. The molecule has 1 N–H and O–H groups in total. The zero-order chi connectivity index (χ0) is 12.6. The molecule has 2 aromatic rings. The summed E-state index contributed by atoms with van der Waals surface area (Å²) in [5.41, 5.74) is 3.12. The van der Waals surface area contributed by atoms with Crippen molar-refractivity contribution in [1.82, 2.24) is 0 Å². The average Bonchev–Trinajstić information content (AvgIpc) is 2.70. The van der Waals surface area contributed by atoms with Crippen LogP contribution in [0.5, 0.6) is 0 Å². The summed E-state index contributed by atoms with van der Waals surface area (Å²) < 4.78 is 1.09. The maximum absolute atomic E-state index is 10.3. The van der Waals surface area contributed by atoms with E-state index in [4.69, 9.17) is 11.6 Å². The highest BCUT2D eigenvalue weighted by atomic mass is 79.9. The first kappa shape index (κ1) is 13.1. The molecule has 0 bridgehead atoms. The first-order chi connectivity index (χ1) is 8.00. The van der Waals surface area contributed by atoms with Crippen LogP contribution in [0.1, 0.15) is 27.7 Å². The van der Waals surface area contributed by atoms with Crippen LogP contribution in [-0.4, -0.2) is 5.11 Å². The van der Waals surface area contributed by atoms with Crippen LogP contribution in [0.4, 0.5) is 0 Å². The highest BCUT2D eigenvalue weighted by Crippen LogP contribution is 2.34. The number of benzene rings is 1. The van der Waals surface area contributed by atoms with E-state index in [0.29, 0.717) is 5.02 Å². The number of aliphatic hydroxyl groups is 1. The smallest absolute Gasteiger partial charge is 0.115 e. The van der Waals surface area contributed by atoms with E-state index in [9.17, 15) is 5.11 Å². The molecule has 1 atom stereocenters. The van der Waals surface area contributed by atoms with Gasteiger partial charge in [-0.2, -0.15) is 0 Å². The molecule has 0 spiro atoms. The zero-order valence-corrected chi connectivity index (χ0v) is 12.7. The summed E-state index contributed by atoms with van der Waals surface area (Å²) in [6.07, 6.45) is -0.645. The lowest BCUT2D eigenvalue weighted by Gasteiger charge is -2.13. The lowest BCUT2D eigenvalue weighted by atomic mass is 10.0. The van der Waals surface area contributed by atoms with E-state index in [-0.39, 0.29) is 0 Å². The molecule has 0 aliphatic rings. The topological polar surface area (TPSA) is 20.2 Å². The van der Waals surface area contributed by atoms with E-state index in [1.54, 1.807) is 0 Å². The van der Waals surface area contributed by atoms with Crippen LogP contribution in [0, 0.1) is 13.8 Å². The monoisotopic (exact) mass is 330 g/mol. The third-order valence-electron chi connectivity index (χ3n) is 2.67. The van der Waals surface area contributed by atoms with Crippen molar-refractivity contribution >= 4 is 38.9 Å². The Bertz CT molecular complexity index is 527. The van der Waals surface area contributed by atoms with Gasteiger partial charge in [0.15, 0.2) is 0 Å². The van der Waals surface area contributed by atoms with Gasteiger partial charge < -0.3 is 5.11 Å². The number of hydrogen-bond acceptors (Lipinski definition) is 2. The molecular formula is C13H12BrClOS. The summed E-state index contributed by atoms with van der Waals surface area (Å²) in [7, 11) is 0. The lowest BCUT2D eigenvalue weighted by molar-refractivity contribution is 0.224. The molecule has 0 saturated carbocycles. The number of aryl methyl sites for hydroxylation is 2. The van der Waals surface area contributed by atoms with E-state index in [0.717, 1.165) is 26.0 Å². The molecule has 0 radical (unpaired) electrons. The van der Waals surface area contributed by atoms with Gasteiger partial charge in [0.2, 0.25) is 0 Å². The summed E-state index contributed by atoms with van der Waals surface area (Å²) in [5, 5.41) is 12.8. The normalized spacial score (nSPS) is 12.8. The minimum absolute atomic E-state index is 0.626. The second kappa shape index (κ2) is 5.11. The van der Waals surface area contributed by atoms with E-state index in [1.807, 2.05) is 37.4 Å². The van der Waals surface area contributed by atoms with Crippen molar-refractivity contribution in [2.24, 2.45) is 0 Å². The Kier molecular flexibility index (Phi) is 3.93. The van der Waals surface area contributed by atoms with Crippen LogP contribution >= 0.6 is 38.9 Å². The van der Waals surface area contributed by atoms with Gasteiger partial charge in [-0.25, -0.2) is 0 Å². The Morgan fingerprint density at radius 1 is 1.29 bits per heavy atom. The Morgan fingerprint density at radius 3 is 2.35 bits per heavy atom. The summed E-state index contributed by atoms with van der Waals surface area (Å²) in [4.78, 5) is 0.799. The van der Waals surface area contributed by atoms with Crippen LogP contribution in [0.15, 0.2) is 28.1 Å². The quantitative estimate of drug-likeness (QED) is 0.833. The van der Waals surface area contributed by atoms with Crippen LogP contribution in [0.25, 0.3) is 0 Å². The molecule has 1 heterocycles. The fourth-order valence-electron chi connectivity index (χ4n) is 1.79. The van der Waals surface area contributed by atoms with Gasteiger partial charge in [-0.1, -0.05) is 39.7 Å². The van der Waals surface area contributed by atoms with Gasteiger partial charge in [0.25, 0.3) is 0 Å². The number of thiophene rings is 1. The zero-order valence-electron chi connectivity index (χ0n) is 9.50. The molecule has 17 heavy (non-hydrogen) atoms. The van der Waals surface area contributed by atoms with Gasteiger partial charge in [-0.05, 0) is 42.0 Å². The van der Waals surface area contributed by atoms with Gasteiger partial charge in [0.1, 0.15) is 6.10 Å². The summed E-state index contributed by atoms with van der Waals surface area (Å²) >= 11 is 11.0. The van der Waals surface area contributed by atoms with Crippen molar-refractivity contribution < 1.29 is 5.11 Å². The third-order valence-corrected chi connectivity index (χ3v) is 5.33. The van der Waals surface area contributed by atoms with E-state index in [1.165, 1.54) is 11.3 Å². The second-order valence-corrected chi connectivity index (χ2v) is 6.15. The van der Waals surface area contributed by atoms with Gasteiger partial charge in [-0.3, -0.25) is 0 Å². The van der Waals surface area contributed by atoms with E-state index < -0.39 is 6.10 Å². The van der Waals surface area contributed by atoms with Crippen LogP contribution in [-0.2, 0) is 0 Å². The standard InChI is InChI=1S/C13H12BrClOS/c1-7-5-9(6-8(2)11(7)14)12(16)13-10(15)3-4-17-13/h3-6,12,16H,1-2H3. The minimum atomic E-state index is -0.645. The van der Waals surface area contributed by atoms with Gasteiger partial charge in [0.05, 0.1) is 9.90 Å². The maximum Gasteiger partial charge on any atom is 0.115 e. The van der Waals surface area contributed by atoms with Gasteiger partial charge in [0, 0.05) is 4.47 Å². The van der Waals surface area contributed by atoms with E-state index in [2.05, 4.69) is 15.9 Å². The number of hydrogen-bond donors (Lipinski definition) is 1. The van der Waals surface area contributed by atoms with Crippen LogP contribution in [0.2, 0.25) is 5.02 Å². The molecule has 0 aliphatic carbocycles. The Labute approximate surface area is 118 Å². The SMILES string of the molecule is Cc1cc(C(O)c2sccc2Cl)cc(C)c1Br. The summed E-state index contributed by atoms with van der Waals surface area (Å²) in [5.74, 6) is 0. The molecule has 2 rings (SSSR count). The molecule has 1 aromatic carbocycles. The molecule has 0 saturated heterocycles. The van der Waals surface area contributed by atoms with Crippen molar-refractivity contribution in [1.29, 1.82) is 0 Å². The Balaban J connectivity index is 2.45. The summed E-state index contributed by atoms with van der Waals surface area (Å²) in [6, 6.07) is 5.78. The largest absolute Gasteiger partial charge is 0.383 e. The number of aliphatic hydroxyl groups excluding tert-OH is 1. The van der Waals surface area contributed by atoms with Crippen molar-refractivity contribution in [3.63, 3.8) is 0 Å². The highest BCUT2D eigenvalue weighted by molar-refractivity contribution is 9.10.